The molecule has 4 aromatic carbocycles. The predicted molar refractivity (Wildman–Crippen MR) is 147 cm³/mol. The number of rotatable bonds is 4. The third-order valence-electron chi connectivity index (χ3n) is 8.12. The zero-order valence-electron chi connectivity index (χ0n) is 19.9. The fourth-order valence-corrected chi connectivity index (χ4v) is 7.20. The molecule has 0 bridgehead atoms. The van der Waals surface area contributed by atoms with Gasteiger partial charge in [-0.3, -0.25) is 9.59 Å². The Bertz CT molecular complexity index is 1570. The van der Waals surface area contributed by atoms with E-state index >= 15 is 0 Å². The number of alkyl halides is 1. The highest BCUT2D eigenvalue weighted by Crippen LogP contribution is 2.53. The third kappa shape index (κ3) is 2.90. The number of imide groups is 1. The summed E-state index contributed by atoms with van der Waals surface area (Å²) in [6.45, 7) is 6.71. The standard InChI is InChI=1S/C30H25BrClNO2/c1-4-7-24(31)16-10-11-18-19-12-13-20-26-21(29(35)33(32)28(20)34)14-15-23(27(19)26)30(3,5-2)22-9-6-8-17(16)25(18)22/h6,8-15,24H,4-5,7H2,1-3H3. The van der Waals surface area contributed by atoms with Gasteiger partial charge in [-0.2, -0.15) is 4.42 Å². The predicted octanol–water partition coefficient (Wildman–Crippen LogP) is 8.68. The van der Waals surface area contributed by atoms with Gasteiger partial charge in [-0.15, -0.1) is 0 Å². The van der Waals surface area contributed by atoms with E-state index in [4.69, 9.17) is 11.8 Å². The number of amides is 2. The summed E-state index contributed by atoms with van der Waals surface area (Å²) in [6.07, 6.45) is 3.04. The Morgan fingerprint density at radius 3 is 2.11 bits per heavy atom. The first-order valence-electron chi connectivity index (χ1n) is 12.2. The van der Waals surface area contributed by atoms with Crippen LogP contribution in [-0.2, 0) is 5.41 Å². The fourth-order valence-electron chi connectivity index (χ4n) is 6.16. The molecular weight excluding hydrogens is 522 g/mol. The lowest BCUT2D eigenvalue weighted by molar-refractivity contribution is 0.0728. The van der Waals surface area contributed by atoms with Gasteiger partial charge in [0.15, 0.2) is 0 Å². The maximum atomic E-state index is 13.0. The van der Waals surface area contributed by atoms with E-state index in [1.807, 2.05) is 18.2 Å². The molecule has 2 aliphatic rings. The molecule has 0 N–H and O–H groups in total. The largest absolute Gasteiger partial charge is 0.276 e. The van der Waals surface area contributed by atoms with Crippen molar-refractivity contribution < 1.29 is 9.59 Å². The van der Waals surface area contributed by atoms with Gasteiger partial charge in [0.05, 0.1) is 0 Å². The molecule has 35 heavy (non-hydrogen) atoms. The fraction of sp³-hybridized carbons (Fsp3) is 0.267. The van der Waals surface area contributed by atoms with Crippen molar-refractivity contribution in [2.45, 2.75) is 50.3 Å². The molecule has 1 aliphatic carbocycles. The normalized spacial score (nSPS) is 19.4. The van der Waals surface area contributed by atoms with Crippen molar-refractivity contribution in [3.05, 3.63) is 82.4 Å². The molecule has 2 amide bonds. The smallest absolute Gasteiger partial charge is 0.267 e. The van der Waals surface area contributed by atoms with Gasteiger partial charge >= 0.3 is 0 Å². The summed E-state index contributed by atoms with van der Waals surface area (Å²) in [4.78, 5) is 26.3. The molecule has 1 heterocycles. The molecule has 0 spiro atoms. The van der Waals surface area contributed by atoms with Crippen LogP contribution in [0.15, 0.2) is 54.6 Å². The van der Waals surface area contributed by atoms with Crippen molar-refractivity contribution in [2.24, 2.45) is 0 Å². The highest BCUT2D eigenvalue weighted by molar-refractivity contribution is 9.09. The van der Waals surface area contributed by atoms with Crippen LogP contribution in [0.4, 0.5) is 0 Å². The summed E-state index contributed by atoms with van der Waals surface area (Å²) in [5.41, 5.74) is 6.60. The van der Waals surface area contributed by atoms with Crippen molar-refractivity contribution in [2.75, 3.05) is 0 Å². The number of carbonyl (C=O) groups excluding carboxylic acids is 2. The Labute approximate surface area is 218 Å². The number of hydrogen-bond acceptors (Lipinski definition) is 2. The maximum Gasteiger partial charge on any atom is 0.276 e. The molecule has 0 fully saturated rings. The zero-order chi connectivity index (χ0) is 24.6. The Kier molecular flexibility index (Phi) is 5.14. The number of halogens is 2. The number of nitrogens with zero attached hydrogens (tertiary/aromatic N) is 1. The van der Waals surface area contributed by atoms with Crippen molar-refractivity contribution >= 4 is 61.1 Å². The lowest BCUT2D eigenvalue weighted by atomic mass is 9.71. The first kappa shape index (κ1) is 22.8. The Morgan fingerprint density at radius 1 is 0.829 bits per heavy atom. The molecule has 0 radical (unpaired) electrons. The third-order valence-corrected chi connectivity index (χ3v) is 9.38. The lowest BCUT2D eigenvalue weighted by Gasteiger charge is -2.32. The molecule has 3 nitrogen and oxygen atoms in total. The van der Waals surface area contributed by atoms with Gasteiger partial charge in [-0.25, -0.2) is 0 Å². The molecule has 0 saturated carbocycles. The molecule has 1 aliphatic heterocycles. The van der Waals surface area contributed by atoms with E-state index in [2.05, 4.69) is 73.1 Å². The molecule has 176 valence electrons. The van der Waals surface area contributed by atoms with Gasteiger partial charge in [0.25, 0.3) is 11.8 Å². The Hall–Kier alpha value is -2.69. The van der Waals surface area contributed by atoms with Gasteiger partial charge in [0.2, 0.25) is 0 Å². The molecule has 5 heteroatoms. The quantitative estimate of drug-likeness (QED) is 0.146. The average molecular weight is 547 g/mol. The number of hydrogen-bond donors (Lipinski definition) is 0. The van der Waals surface area contributed by atoms with E-state index < -0.39 is 11.8 Å². The molecule has 2 unspecified atom stereocenters. The van der Waals surface area contributed by atoms with Crippen LogP contribution in [0.25, 0.3) is 32.7 Å². The summed E-state index contributed by atoms with van der Waals surface area (Å²) >= 11 is 10.1. The summed E-state index contributed by atoms with van der Waals surface area (Å²) < 4.78 is 0.709. The van der Waals surface area contributed by atoms with Crippen LogP contribution in [0, 0.1) is 0 Å². The van der Waals surface area contributed by atoms with Crippen LogP contribution in [0.5, 0.6) is 0 Å². The van der Waals surface area contributed by atoms with E-state index in [1.165, 1.54) is 21.9 Å². The summed E-state index contributed by atoms with van der Waals surface area (Å²) in [6, 6.07) is 18.9. The van der Waals surface area contributed by atoms with Crippen LogP contribution in [-0.4, -0.2) is 16.2 Å². The van der Waals surface area contributed by atoms with Crippen LogP contribution in [0.2, 0.25) is 0 Å². The van der Waals surface area contributed by atoms with Crippen molar-refractivity contribution in [1.29, 1.82) is 0 Å². The Morgan fingerprint density at radius 2 is 1.43 bits per heavy atom. The summed E-state index contributed by atoms with van der Waals surface area (Å²) in [5.74, 6) is -0.926. The zero-order valence-corrected chi connectivity index (χ0v) is 22.3. The minimum Gasteiger partial charge on any atom is -0.267 e. The first-order chi connectivity index (χ1) is 16.8. The molecule has 0 saturated heterocycles. The van der Waals surface area contributed by atoms with Crippen molar-refractivity contribution in [3.8, 4) is 11.1 Å². The maximum absolute atomic E-state index is 13.0. The van der Waals surface area contributed by atoms with Gasteiger partial charge in [0, 0.05) is 38.5 Å². The van der Waals surface area contributed by atoms with Crippen molar-refractivity contribution in [1.82, 2.24) is 4.42 Å². The van der Waals surface area contributed by atoms with Crippen LogP contribution in [0.1, 0.15) is 82.3 Å². The second-order valence-electron chi connectivity index (χ2n) is 9.83. The first-order valence-corrected chi connectivity index (χ1v) is 13.4. The highest BCUT2D eigenvalue weighted by Gasteiger charge is 2.39. The van der Waals surface area contributed by atoms with E-state index in [0.29, 0.717) is 15.5 Å². The van der Waals surface area contributed by atoms with Crippen LogP contribution in [0.3, 0.4) is 0 Å². The van der Waals surface area contributed by atoms with Crippen LogP contribution >= 0.6 is 27.7 Å². The Balaban J connectivity index is 1.82. The van der Waals surface area contributed by atoms with E-state index in [-0.39, 0.29) is 10.2 Å². The van der Waals surface area contributed by atoms with E-state index in [0.717, 1.165) is 46.7 Å². The lowest BCUT2D eigenvalue weighted by Crippen LogP contribution is -2.33. The monoisotopic (exact) mass is 545 g/mol. The van der Waals surface area contributed by atoms with E-state index in [9.17, 15) is 9.59 Å². The van der Waals surface area contributed by atoms with Gasteiger partial charge in [0.1, 0.15) is 0 Å². The topological polar surface area (TPSA) is 37.4 Å². The summed E-state index contributed by atoms with van der Waals surface area (Å²) in [7, 11) is 0. The van der Waals surface area contributed by atoms with Gasteiger partial charge in [-0.1, -0.05) is 85.6 Å². The minimum atomic E-state index is -0.463. The highest BCUT2D eigenvalue weighted by atomic mass is 79.9. The van der Waals surface area contributed by atoms with Gasteiger partial charge in [-0.05, 0) is 69.0 Å². The minimum absolute atomic E-state index is 0.278. The SMILES string of the molecule is CCCC(Br)c1ccc2c3c(cccc13)C(C)(CC)c1ccc3c4c(ccc-2c14)C(=O)N(Cl)C3=O. The molecule has 6 rings (SSSR count). The number of fused-ring (bicyclic) bond motifs is 1. The second kappa shape index (κ2) is 7.91. The molecular formula is C30H25BrClNO2. The van der Waals surface area contributed by atoms with Gasteiger partial charge < -0.3 is 0 Å². The van der Waals surface area contributed by atoms with Crippen LogP contribution < -0.4 is 0 Å². The number of benzene rings is 4. The molecule has 0 aromatic heterocycles. The molecule has 2 atom stereocenters. The number of carbonyl (C=O) groups is 2. The van der Waals surface area contributed by atoms with E-state index in [1.54, 1.807) is 0 Å². The summed E-state index contributed by atoms with van der Waals surface area (Å²) in [5, 5.41) is 4.23. The average Bonchev–Trinajstić information content (AvgIpc) is 2.97. The molecule has 4 aromatic rings. The second-order valence-corrected chi connectivity index (χ2v) is 11.3. The van der Waals surface area contributed by atoms with Crippen molar-refractivity contribution in [3.63, 3.8) is 0 Å².